The molecule has 0 aliphatic heterocycles. The molecule has 0 saturated heterocycles. The highest BCUT2D eigenvalue weighted by atomic mass is 16.5. The van der Waals surface area contributed by atoms with Crippen LogP contribution in [0, 0.1) is 0 Å². The largest absolute Gasteiger partial charge is 0.480 e. The number of rotatable bonds is 4. The van der Waals surface area contributed by atoms with E-state index in [1.54, 1.807) is 24.3 Å². The van der Waals surface area contributed by atoms with E-state index in [4.69, 9.17) is 10.5 Å². The maximum atomic E-state index is 11.9. The van der Waals surface area contributed by atoms with Crippen LogP contribution in [0.15, 0.2) is 41.2 Å². The first-order valence-corrected chi connectivity index (χ1v) is 5.86. The molecular weight excluding hydrogens is 260 g/mol. The first-order valence-electron chi connectivity index (χ1n) is 5.86. The molecule has 2 rings (SSSR count). The number of anilines is 2. The van der Waals surface area contributed by atoms with E-state index in [2.05, 4.69) is 10.4 Å². The van der Waals surface area contributed by atoms with E-state index in [1.807, 2.05) is 0 Å². The third-order valence-electron chi connectivity index (χ3n) is 2.52. The number of nitrogens with one attached hydrogen (secondary N) is 1. The molecule has 0 radical (unpaired) electrons. The van der Waals surface area contributed by atoms with Crippen LogP contribution in [0.1, 0.15) is 0 Å². The van der Waals surface area contributed by atoms with Crippen molar-refractivity contribution in [3.05, 3.63) is 46.8 Å². The average molecular weight is 274 g/mol. The number of amides is 1. The molecule has 1 aromatic heterocycles. The third kappa shape index (κ3) is 3.35. The summed E-state index contributed by atoms with van der Waals surface area (Å²) in [7, 11) is 1.43. The van der Waals surface area contributed by atoms with Gasteiger partial charge in [0, 0.05) is 23.5 Å². The first kappa shape index (κ1) is 13.6. The maximum absolute atomic E-state index is 11.9. The Morgan fingerprint density at radius 3 is 2.90 bits per heavy atom. The van der Waals surface area contributed by atoms with Crippen molar-refractivity contribution in [1.29, 1.82) is 0 Å². The lowest BCUT2D eigenvalue weighted by molar-refractivity contribution is -0.117. The number of hydrogen-bond acceptors (Lipinski definition) is 5. The van der Waals surface area contributed by atoms with E-state index in [9.17, 15) is 9.59 Å². The van der Waals surface area contributed by atoms with Gasteiger partial charge in [0.2, 0.25) is 11.8 Å². The number of benzene rings is 1. The van der Waals surface area contributed by atoms with Gasteiger partial charge in [-0.1, -0.05) is 6.07 Å². The predicted molar refractivity (Wildman–Crippen MR) is 74.5 cm³/mol. The zero-order valence-electron chi connectivity index (χ0n) is 10.9. The highest BCUT2D eigenvalue weighted by molar-refractivity contribution is 5.90. The molecule has 0 aliphatic rings. The predicted octanol–water partition coefficient (Wildman–Crippen LogP) is 0.473. The van der Waals surface area contributed by atoms with E-state index < -0.39 is 0 Å². The molecule has 0 aliphatic carbocycles. The number of nitrogens with two attached hydrogens (primary N) is 1. The number of nitrogens with zero attached hydrogens (tertiary/aromatic N) is 2. The van der Waals surface area contributed by atoms with Crippen molar-refractivity contribution >= 4 is 17.3 Å². The zero-order chi connectivity index (χ0) is 14.5. The van der Waals surface area contributed by atoms with Crippen molar-refractivity contribution in [2.75, 3.05) is 18.2 Å². The Balaban J connectivity index is 2.10. The molecule has 104 valence electrons. The minimum Gasteiger partial charge on any atom is -0.480 e. The van der Waals surface area contributed by atoms with Crippen molar-refractivity contribution in [2.24, 2.45) is 0 Å². The minimum atomic E-state index is -0.381. The van der Waals surface area contributed by atoms with E-state index in [0.717, 1.165) is 4.68 Å². The summed E-state index contributed by atoms with van der Waals surface area (Å²) in [5, 5.41) is 6.52. The van der Waals surface area contributed by atoms with Crippen molar-refractivity contribution in [2.45, 2.75) is 6.54 Å². The lowest BCUT2D eigenvalue weighted by Gasteiger charge is -2.08. The van der Waals surface area contributed by atoms with E-state index in [-0.39, 0.29) is 23.9 Å². The summed E-state index contributed by atoms with van der Waals surface area (Å²) in [4.78, 5) is 23.4. The number of aromatic nitrogens is 2. The summed E-state index contributed by atoms with van der Waals surface area (Å²) in [6.45, 7) is -0.204. The number of ether oxygens (including phenoxy) is 1. The van der Waals surface area contributed by atoms with Crippen LogP contribution in [0.25, 0.3) is 0 Å². The summed E-state index contributed by atoms with van der Waals surface area (Å²) in [6.07, 6.45) is 0. The SMILES string of the molecule is COc1ccc(=O)n(CC(=O)Nc2cccc(N)c2)n1. The van der Waals surface area contributed by atoms with Crippen molar-refractivity contribution in [1.82, 2.24) is 9.78 Å². The van der Waals surface area contributed by atoms with Crippen LogP contribution in [0.5, 0.6) is 5.88 Å². The monoisotopic (exact) mass is 274 g/mol. The normalized spacial score (nSPS) is 10.1. The second kappa shape index (κ2) is 5.87. The fourth-order valence-electron chi connectivity index (χ4n) is 1.61. The van der Waals surface area contributed by atoms with Gasteiger partial charge in [0.25, 0.3) is 5.56 Å². The summed E-state index contributed by atoms with van der Waals surface area (Å²) >= 11 is 0. The zero-order valence-corrected chi connectivity index (χ0v) is 10.9. The van der Waals surface area contributed by atoms with Crippen molar-refractivity contribution < 1.29 is 9.53 Å². The number of methoxy groups -OCH3 is 1. The molecule has 7 heteroatoms. The van der Waals surface area contributed by atoms with Gasteiger partial charge in [-0.25, -0.2) is 4.68 Å². The van der Waals surface area contributed by atoms with E-state index in [0.29, 0.717) is 11.4 Å². The Hall–Kier alpha value is -2.83. The molecule has 0 atom stereocenters. The molecule has 1 aromatic carbocycles. The van der Waals surface area contributed by atoms with Gasteiger partial charge < -0.3 is 15.8 Å². The third-order valence-corrected chi connectivity index (χ3v) is 2.52. The molecule has 0 fully saturated rings. The summed E-state index contributed by atoms with van der Waals surface area (Å²) in [5.41, 5.74) is 6.33. The molecule has 2 aromatic rings. The molecule has 0 spiro atoms. The highest BCUT2D eigenvalue weighted by Crippen LogP contribution is 2.11. The number of carbonyl (C=O) groups excluding carboxylic acids is 1. The highest BCUT2D eigenvalue weighted by Gasteiger charge is 2.07. The van der Waals surface area contributed by atoms with Gasteiger partial charge in [0.15, 0.2) is 0 Å². The lowest BCUT2D eigenvalue weighted by Crippen LogP contribution is -2.29. The van der Waals surface area contributed by atoms with Gasteiger partial charge in [-0.2, -0.15) is 0 Å². The second-order valence-electron chi connectivity index (χ2n) is 4.05. The molecule has 0 unspecified atom stereocenters. The van der Waals surface area contributed by atoms with Crippen LogP contribution in [-0.2, 0) is 11.3 Å². The molecule has 20 heavy (non-hydrogen) atoms. The van der Waals surface area contributed by atoms with Gasteiger partial charge in [0.05, 0.1) is 7.11 Å². The van der Waals surface area contributed by atoms with Gasteiger partial charge in [-0.3, -0.25) is 9.59 Å². The standard InChI is InChI=1S/C13H14N4O3/c1-20-12-5-6-13(19)17(16-12)8-11(18)15-10-4-2-3-9(14)7-10/h2-7H,8,14H2,1H3,(H,15,18). The Bertz CT molecular complexity index is 681. The second-order valence-corrected chi connectivity index (χ2v) is 4.05. The minimum absolute atomic E-state index is 0.204. The van der Waals surface area contributed by atoms with E-state index in [1.165, 1.54) is 19.2 Å². The van der Waals surface area contributed by atoms with E-state index >= 15 is 0 Å². The summed E-state index contributed by atoms with van der Waals surface area (Å²) < 4.78 is 5.93. The molecule has 0 saturated carbocycles. The van der Waals surface area contributed by atoms with Crippen molar-refractivity contribution in [3.63, 3.8) is 0 Å². The molecule has 3 N–H and O–H groups in total. The van der Waals surface area contributed by atoms with Crippen molar-refractivity contribution in [3.8, 4) is 5.88 Å². The number of hydrogen-bond donors (Lipinski definition) is 2. The number of carbonyl (C=O) groups is 1. The summed E-state index contributed by atoms with van der Waals surface area (Å²) in [5.74, 6) is -0.111. The lowest BCUT2D eigenvalue weighted by atomic mass is 10.3. The van der Waals surface area contributed by atoms with Crippen LogP contribution in [0.4, 0.5) is 11.4 Å². The van der Waals surface area contributed by atoms with Crippen LogP contribution >= 0.6 is 0 Å². The molecule has 1 amide bonds. The molecule has 1 heterocycles. The number of nitrogen functional groups attached to an aromatic ring is 1. The molecule has 0 bridgehead atoms. The quantitative estimate of drug-likeness (QED) is 0.790. The first-order chi connectivity index (χ1) is 9.58. The van der Waals surface area contributed by atoms with Crippen LogP contribution < -0.4 is 21.3 Å². The fraction of sp³-hybridized carbons (Fsp3) is 0.154. The van der Waals surface area contributed by atoms with Gasteiger partial charge in [-0.05, 0) is 18.2 Å². The summed E-state index contributed by atoms with van der Waals surface area (Å²) in [6, 6.07) is 9.49. The topological polar surface area (TPSA) is 99.2 Å². The van der Waals surface area contributed by atoms with Crippen LogP contribution in [-0.4, -0.2) is 22.8 Å². The molecular formula is C13H14N4O3. The fourth-order valence-corrected chi connectivity index (χ4v) is 1.61. The Kier molecular flexibility index (Phi) is 3.99. The molecule has 7 nitrogen and oxygen atoms in total. The maximum Gasteiger partial charge on any atom is 0.267 e. The average Bonchev–Trinajstić information content (AvgIpc) is 2.41. The van der Waals surface area contributed by atoms with Gasteiger partial charge >= 0.3 is 0 Å². The smallest absolute Gasteiger partial charge is 0.267 e. The Morgan fingerprint density at radius 1 is 1.40 bits per heavy atom. The van der Waals surface area contributed by atoms with Crippen LogP contribution in [0.3, 0.4) is 0 Å². The Morgan fingerprint density at radius 2 is 2.20 bits per heavy atom. The van der Waals surface area contributed by atoms with Gasteiger partial charge in [0.1, 0.15) is 6.54 Å². The Labute approximate surface area is 115 Å². The van der Waals surface area contributed by atoms with Crippen LogP contribution in [0.2, 0.25) is 0 Å². The van der Waals surface area contributed by atoms with Gasteiger partial charge in [-0.15, -0.1) is 5.10 Å².